The van der Waals surface area contributed by atoms with Crippen molar-refractivity contribution in [1.82, 2.24) is 9.88 Å². The number of nitrogens with zero attached hydrogens (tertiary/aromatic N) is 2. The fraction of sp³-hybridized carbons (Fsp3) is 0.611. The van der Waals surface area contributed by atoms with Gasteiger partial charge >= 0.3 is 5.97 Å². The normalized spacial score (nSPS) is 14.7. The molecule has 0 spiro atoms. The first-order valence-electron chi connectivity index (χ1n) is 8.51. The molecule has 23 heavy (non-hydrogen) atoms. The first-order chi connectivity index (χ1) is 11.2. The van der Waals surface area contributed by atoms with Crippen molar-refractivity contribution in [2.24, 2.45) is 5.92 Å². The molecule has 5 heteroatoms. The summed E-state index contributed by atoms with van der Waals surface area (Å²) in [5.74, 6) is 0.379. The molecule has 0 saturated heterocycles. The van der Waals surface area contributed by atoms with Gasteiger partial charge in [-0.05, 0) is 37.3 Å². The fourth-order valence-corrected chi connectivity index (χ4v) is 3.05. The lowest BCUT2D eigenvalue weighted by Gasteiger charge is -2.24. The van der Waals surface area contributed by atoms with E-state index in [4.69, 9.17) is 4.74 Å². The largest absolute Gasteiger partial charge is 0.466 e. The number of ether oxygens (including phenoxy) is 1. The summed E-state index contributed by atoms with van der Waals surface area (Å²) in [6.07, 6.45) is 9.04. The van der Waals surface area contributed by atoms with E-state index in [1.54, 1.807) is 24.2 Å². The van der Waals surface area contributed by atoms with Gasteiger partial charge in [0.1, 0.15) is 0 Å². The molecule has 126 valence electrons. The molecule has 0 aromatic carbocycles. The average Bonchev–Trinajstić information content (AvgIpc) is 3.05. The van der Waals surface area contributed by atoms with Gasteiger partial charge in [-0.1, -0.05) is 18.9 Å². The van der Waals surface area contributed by atoms with Crippen molar-refractivity contribution in [2.75, 3.05) is 13.2 Å². The van der Waals surface area contributed by atoms with Gasteiger partial charge in [-0.2, -0.15) is 0 Å². The van der Waals surface area contributed by atoms with E-state index in [2.05, 4.69) is 4.98 Å². The van der Waals surface area contributed by atoms with Crippen LogP contribution in [0, 0.1) is 5.92 Å². The van der Waals surface area contributed by atoms with Crippen LogP contribution in [0.3, 0.4) is 0 Å². The van der Waals surface area contributed by atoms with Crippen molar-refractivity contribution in [3.05, 3.63) is 30.1 Å². The van der Waals surface area contributed by atoms with E-state index in [0.29, 0.717) is 32.0 Å². The quantitative estimate of drug-likeness (QED) is 0.692. The van der Waals surface area contributed by atoms with Gasteiger partial charge in [0, 0.05) is 31.9 Å². The molecule has 0 bridgehead atoms. The maximum atomic E-state index is 12.6. The van der Waals surface area contributed by atoms with Crippen molar-refractivity contribution in [1.29, 1.82) is 0 Å². The molecule has 1 aliphatic rings. The van der Waals surface area contributed by atoms with Crippen LogP contribution in [0.5, 0.6) is 0 Å². The number of hydrogen-bond donors (Lipinski definition) is 0. The van der Waals surface area contributed by atoms with Crippen LogP contribution in [-0.4, -0.2) is 34.9 Å². The Morgan fingerprint density at radius 2 is 2.13 bits per heavy atom. The minimum atomic E-state index is -0.252. The molecule has 1 amide bonds. The second-order valence-corrected chi connectivity index (χ2v) is 6.09. The molecular weight excluding hydrogens is 292 g/mol. The summed E-state index contributed by atoms with van der Waals surface area (Å²) in [6, 6.07) is 3.81. The number of carbonyl (C=O) groups excluding carboxylic acids is 2. The molecule has 1 saturated carbocycles. The Morgan fingerprint density at radius 3 is 2.78 bits per heavy atom. The molecule has 1 aromatic heterocycles. The highest BCUT2D eigenvalue weighted by atomic mass is 16.5. The van der Waals surface area contributed by atoms with Gasteiger partial charge in [0.2, 0.25) is 5.91 Å². The lowest BCUT2D eigenvalue weighted by molar-refractivity contribution is -0.144. The molecule has 0 atom stereocenters. The van der Waals surface area contributed by atoms with Crippen LogP contribution in [0.2, 0.25) is 0 Å². The number of hydrogen-bond acceptors (Lipinski definition) is 4. The second-order valence-electron chi connectivity index (χ2n) is 6.09. The number of pyridine rings is 1. The lowest BCUT2D eigenvalue weighted by atomic mass is 10.0. The third-order valence-corrected chi connectivity index (χ3v) is 4.28. The number of amides is 1. The van der Waals surface area contributed by atoms with E-state index < -0.39 is 0 Å². The summed E-state index contributed by atoms with van der Waals surface area (Å²) in [6.45, 7) is 3.06. The third-order valence-electron chi connectivity index (χ3n) is 4.28. The summed E-state index contributed by atoms with van der Waals surface area (Å²) >= 11 is 0. The highest BCUT2D eigenvalue weighted by Gasteiger charge is 2.22. The zero-order valence-corrected chi connectivity index (χ0v) is 13.9. The van der Waals surface area contributed by atoms with Gasteiger partial charge in [-0.15, -0.1) is 0 Å². The van der Waals surface area contributed by atoms with Crippen LogP contribution in [-0.2, 0) is 20.9 Å². The lowest BCUT2D eigenvalue weighted by Crippen LogP contribution is -2.33. The van der Waals surface area contributed by atoms with Crippen LogP contribution < -0.4 is 0 Å². The zero-order chi connectivity index (χ0) is 16.5. The van der Waals surface area contributed by atoms with Crippen molar-refractivity contribution in [2.45, 2.75) is 52.0 Å². The van der Waals surface area contributed by atoms with Gasteiger partial charge in [-0.3, -0.25) is 14.6 Å². The van der Waals surface area contributed by atoms with Gasteiger partial charge in [-0.25, -0.2) is 0 Å². The van der Waals surface area contributed by atoms with Crippen LogP contribution in [0.15, 0.2) is 24.5 Å². The van der Waals surface area contributed by atoms with Crippen molar-refractivity contribution in [3.63, 3.8) is 0 Å². The van der Waals surface area contributed by atoms with Crippen LogP contribution in [0.25, 0.3) is 0 Å². The number of esters is 1. The Kier molecular flexibility index (Phi) is 7.04. The van der Waals surface area contributed by atoms with E-state index >= 15 is 0 Å². The third kappa shape index (κ3) is 6.00. The van der Waals surface area contributed by atoms with E-state index in [-0.39, 0.29) is 18.3 Å². The van der Waals surface area contributed by atoms with Crippen LogP contribution in [0.4, 0.5) is 0 Å². The SMILES string of the molecule is CCOC(=O)CCN(Cc1cccnc1)C(=O)CC1CCCC1. The summed E-state index contributed by atoms with van der Waals surface area (Å²) in [5.41, 5.74) is 0.983. The van der Waals surface area contributed by atoms with Crippen molar-refractivity contribution >= 4 is 11.9 Å². The topological polar surface area (TPSA) is 59.5 Å². The smallest absolute Gasteiger partial charge is 0.307 e. The number of rotatable bonds is 8. The summed E-state index contributed by atoms with van der Waals surface area (Å²) in [7, 11) is 0. The predicted molar refractivity (Wildman–Crippen MR) is 87.5 cm³/mol. The van der Waals surface area contributed by atoms with Gasteiger partial charge in [0.05, 0.1) is 13.0 Å². The Morgan fingerprint density at radius 1 is 1.35 bits per heavy atom. The van der Waals surface area contributed by atoms with E-state index in [1.165, 1.54) is 12.8 Å². The minimum Gasteiger partial charge on any atom is -0.466 e. The number of aromatic nitrogens is 1. The monoisotopic (exact) mass is 318 g/mol. The summed E-state index contributed by atoms with van der Waals surface area (Å²) in [5, 5.41) is 0. The van der Waals surface area contributed by atoms with E-state index in [9.17, 15) is 9.59 Å². The highest BCUT2D eigenvalue weighted by Crippen LogP contribution is 2.28. The van der Waals surface area contributed by atoms with E-state index in [1.807, 2.05) is 12.1 Å². The molecule has 1 heterocycles. The Bertz CT molecular complexity index is 498. The Hall–Kier alpha value is -1.91. The van der Waals surface area contributed by atoms with Gasteiger partial charge in [0.15, 0.2) is 0 Å². The van der Waals surface area contributed by atoms with E-state index in [0.717, 1.165) is 18.4 Å². The molecule has 0 unspecified atom stereocenters. The molecule has 1 aliphatic carbocycles. The molecule has 2 rings (SSSR count). The average molecular weight is 318 g/mol. The Balaban J connectivity index is 1.94. The number of carbonyl (C=O) groups is 2. The summed E-state index contributed by atoms with van der Waals surface area (Å²) in [4.78, 5) is 30.1. The maximum absolute atomic E-state index is 12.6. The molecule has 5 nitrogen and oxygen atoms in total. The minimum absolute atomic E-state index is 0.130. The second kappa shape index (κ2) is 9.28. The zero-order valence-electron chi connectivity index (χ0n) is 13.9. The molecule has 1 aromatic rings. The van der Waals surface area contributed by atoms with Gasteiger partial charge in [0.25, 0.3) is 0 Å². The first kappa shape index (κ1) is 17.4. The van der Waals surface area contributed by atoms with Gasteiger partial charge < -0.3 is 9.64 Å². The molecule has 0 N–H and O–H groups in total. The fourth-order valence-electron chi connectivity index (χ4n) is 3.05. The molecular formula is C18H26N2O3. The Labute approximate surface area is 138 Å². The maximum Gasteiger partial charge on any atom is 0.307 e. The van der Waals surface area contributed by atoms with Crippen LogP contribution in [0.1, 0.15) is 51.0 Å². The molecule has 1 fully saturated rings. The standard InChI is InChI=1S/C18H26N2O3/c1-2-23-18(22)9-11-20(14-16-8-5-10-19-13-16)17(21)12-15-6-3-4-7-15/h5,8,10,13,15H,2-4,6-7,9,11-12,14H2,1H3. The molecule has 0 aliphatic heterocycles. The van der Waals surface area contributed by atoms with Crippen molar-refractivity contribution in [3.8, 4) is 0 Å². The molecule has 0 radical (unpaired) electrons. The summed E-state index contributed by atoms with van der Waals surface area (Å²) < 4.78 is 4.97. The van der Waals surface area contributed by atoms with Crippen LogP contribution >= 0.6 is 0 Å². The predicted octanol–water partition coefficient (Wildman–Crippen LogP) is 2.94. The first-order valence-corrected chi connectivity index (χ1v) is 8.51. The van der Waals surface area contributed by atoms with Crippen molar-refractivity contribution < 1.29 is 14.3 Å². The highest BCUT2D eigenvalue weighted by molar-refractivity contribution is 5.77.